The van der Waals surface area contributed by atoms with Gasteiger partial charge in [0, 0.05) is 17.6 Å². The third-order valence-electron chi connectivity index (χ3n) is 6.59. The maximum atomic E-state index is 13.2. The quantitative estimate of drug-likeness (QED) is 0.565. The molecule has 6 nitrogen and oxygen atoms in total. The molecule has 2 aromatic heterocycles. The molecule has 5 rings (SSSR count). The van der Waals surface area contributed by atoms with Crippen LogP contribution in [-0.2, 0) is 10.0 Å². The Morgan fingerprint density at radius 3 is 2.39 bits per heavy atom. The maximum absolute atomic E-state index is 13.2. The Balaban J connectivity index is 1.58. The van der Waals surface area contributed by atoms with E-state index < -0.39 is 21.7 Å². The molecule has 1 aromatic carbocycles. The minimum Gasteiger partial charge on any atom is -0.321 e. The number of halogens is 3. The summed E-state index contributed by atoms with van der Waals surface area (Å²) in [5.74, 6) is 0. The number of aryl methyl sites for hydroxylation is 1. The molecule has 0 radical (unpaired) electrons. The largest absolute Gasteiger partial charge is 0.407 e. The van der Waals surface area contributed by atoms with E-state index in [4.69, 9.17) is 0 Å². The molecule has 33 heavy (non-hydrogen) atoms. The summed E-state index contributed by atoms with van der Waals surface area (Å²) in [6, 6.07) is 10.0. The minimum atomic E-state index is -4.64. The van der Waals surface area contributed by atoms with E-state index in [9.17, 15) is 26.9 Å². The third kappa shape index (κ3) is 3.50. The highest BCUT2D eigenvalue weighted by Gasteiger charge is 2.65. The van der Waals surface area contributed by atoms with Crippen LogP contribution in [-0.4, -0.2) is 29.7 Å². The predicted octanol–water partition coefficient (Wildman–Crippen LogP) is 4.98. The van der Waals surface area contributed by atoms with Crippen LogP contribution in [0.25, 0.3) is 22.3 Å². The number of nitriles is 1. The Bertz CT molecular complexity index is 1390. The molecule has 2 saturated carbocycles. The highest BCUT2D eigenvalue weighted by Crippen LogP contribution is 2.50. The number of rotatable bonds is 5. The van der Waals surface area contributed by atoms with E-state index in [0.717, 1.165) is 30.2 Å². The summed E-state index contributed by atoms with van der Waals surface area (Å²) in [6.45, 7) is 1.90. The van der Waals surface area contributed by atoms with Crippen molar-refractivity contribution in [3.8, 4) is 17.3 Å². The van der Waals surface area contributed by atoms with Crippen LogP contribution in [0.4, 0.5) is 13.2 Å². The molecule has 0 saturated heterocycles. The molecule has 0 aliphatic heterocycles. The lowest BCUT2D eigenvalue weighted by molar-refractivity contribution is -0.160. The summed E-state index contributed by atoms with van der Waals surface area (Å²) in [5.41, 5.74) is 0.971. The van der Waals surface area contributed by atoms with Gasteiger partial charge in [0.05, 0.1) is 16.2 Å². The molecule has 0 amide bonds. The standard InChI is InChI=1S/C23H21F3N4O2S/c1-14-11-18-19(12-27)20(30(16-3-2-4-16)21(18)28-13-14)15-5-7-17(8-6-15)33(31,32)29-22(9-10-22)23(24,25)26/h5-8,11,13,16,29H,2-4,9-10H2,1H3. The fourth-order valence-corrected chi connectivity index (χ4v) is 5.81. The van der Waals surface area contributed by atoms with Gasteiger partial charge in [-0.3, -0.25) is 0 Å². The fraction of sp³-hybridized carbons (Fsp3) is 0.391. The van der Waals surface area contributed by atoms with Crippen molar-refractivity contribution < 1.29 is 21.6 Å². The van der Waals surface area contributed by atoms with Crippen molar-refractivity contribution in [3.05, 3.63) is 47.7 Å². The number of hydrogen-bond acceptors (Lipinski definition) is 4. The molecule has 10 heteroatoms. The first-order valence-corrected chi connectivity index (χ1v) is 12.2. The summed E-state index contributed by atoms with van der Waals surface area (Å²) in [6.07, 6.45) is -0.462. The number of aromatic nitrogens is 2. The van der Waals surface area contributed by atoms with E-state index in [1.807, 2.05) is 22.3 Å². The van der Waals surface area contributed by atoms with Crippen LogP contribution in [0.15, 0.2) is 41.4 Å². The summed E-state index contributed by atoms with van der Waals surface area (Å²) in [5, 5.41) is 10.7. The van der Waals surface area contributed by atoms with Crippen molar-refractivity contribution in [2.45, 2.75) is 61.7 Å². The molecule has 2 fully saturated rings. The van der Waals surface area contributed by atoms with Gasteiger partial charge in [0.2, 0.25) is 10.0 Å². The van der Waals surface area contributed by atoms with Gasteiger partial charge >= 0.3 is 6.18 Å². The van der Waals surface area contributed by atoms with E-state index in [1.54, 1.807) is 18.3 Å². The number of nitrogens with zero attached hydrogens (tertiary/aromatic N) is 3. The molecular weight excluding hydrogens is 453 g/mol. The van der Waals surface area contributed by atoms with Crippen molar-refractivity contribution >= 4 is 21.1 Å². The normalized spacial score (nSPS) is 18.2. The second kappa shape index (κ2) is 7.30. The third-order valence-corrected chi connectivity index (χ3v) is 8.14. The summed E-state index contributed by atoms with van der Waals surface area (Å²) in [7, 11) is -4.36. The van der Waals surface area contributed by atoms with E-state index in [1.165, 1.54) is 12.1 Å². The van der Waals surface area contributed by atoms with Crippen molar-refractivity contribution in [1.29, 1.82) is 5.26 Å². The van der Waals surface area contributed by atoms with Crippen LogP contribution in [0.2, 0.25) is 0 Å². The van der Waals surface area contributed by atoms with Crippen molar-refractivity contribution in [2.75, 3.05) is 0 Å². The summed E-state index contributed by atoms with van der Waals surface area (Å²) in [4.78, 5) is 4.32. The van der Waals surface area contributed by atoms with Crippen molar-refractivity contribution in [2.24, 2.45) is 0 Å². The lowest BCUT2D eigenvalue weighted by atomic mass is 9.92. The molecule has 2 heterocycles. The van der Waals surface area contributed by atoms with Crippen LogP contribution >= 0.6 is 0 Å². The monoisotopic (exact) mass is 474 g/mol. The average Bonchev–Trinajstić information content (AvgIpc) is 3.43. The van der Waals surface area contributed by atoms with Gasteiger partial charge in [-0.25, -0.2) is 13.4 Å². The number of pyridine rings is 1. The lowest BCUT2D eigenvalue weighted by Crippen LogP contribution is -2.47. The number of alkyl halides is 3. The van der Waals surface area contributed by atoms with E-state index in [0.29, 0.717) is 22.5 Å². The topological polar surface area (TPSA) is 87.8 Å². The first-order chi connectivity index (χ1) is 15.6. The molecule has 172 valence electrons. The molecule has 0 spiro atoms. The summed E-state index contributed by atoms with van der Waals surface area (Å²) < 4.78 is 68.9. The number of fused-ring (bicyclic) bond motifs is 1. The zero-order valence-corrected chi connectivity index (χ0v) is 18.6. The molecular formula is C23H21F3N4O2S. The first kappa shape index (κ1) is 21.9. The van der Waals surface area contributed by atoms with Crippen LogP contribution in [0.3, 0.4) is 0 Å². The Labute approximate surface area is 189 Å². The van der Waals surface area contributed by atoms with Crippen LogP contribution < -0.4 is 4.72 Å². The van der Waals surface area contributed by atoms with Crippen molar-refractivity contribution in [3.63, 3.8) is 0 Å². The van der Waals surface area contributed by atoms with Crippen molar-refractivity contribution in [1.82, 2.24) is 14.3 Å². The van der Waals surface area contributed by atoms with Gasteiger partial charge in [-0.15, -0.1) is 0 Å². The van der Waals surface area contributed by atoms with Gasteiger partial charge in [-0.05, 0) is 68.4 Å². The molecule has 0 atom stereocenters. The van der Waals surface area contributed by atoms with E-state index in [2.05, 4.69) is 11.1 Å². The Kier molecular flexibility index (Phi) is 4.85. The molecule has 2 aliphatic rings. The second-order valence-corrected chi connectivity index (χ2v) is 10.6. The van der Waals surface area contributed by atoms with Gasteiger partial charge in [0.25, 0.3) is 0 Å². The van der Waals surface area contributed by atoms with Gasteiger partial charge in [0.1, 0.15) is 17.3 Å². The van der Waals surface area contributed by atoms with E-state index in [-0.39, 0.29) is 23.8 Å². The van der Waals surface area contributed by atoms with Crippen LogP contribution in [0.1, 0.15) is 49.3 Å². The number of nitrogens with one attached hydrogen (secondary N) is 1. The van der Waals surface area contributed by atoms with Gasteiger partial charge in [-0.1, -0.05) is 12.1 Å². The van der Waals surface area contributed by atoms with E-state index >= 15 is 0 Å². The predicted molar refractivity (Wildman–Crippen MR) is 116 cm³/mol. The molecule has 2 aliphatic carbocycles. The molecule has 0 unspecified atom stereocenters. The lowest BCUT2D eigenvalue weighted by Gasteiger charge is -2.29. The SMILES string of the molecule is Cc1cnc2c(c1)c(C#N)c(-c1ccc(S(=O)(=O)NC3(C(F)(F)F)CC3)cc1)n2C1CCC1. The van der Waals surface area contributed by atoms with Crippen LogP contribution in [0, 0.1) is 18.3 Å². The molecule has 0 bridgehead atoms. The second-order valence-electron chi connectivity index (χ2n) is 8.88. The Hall–Kier alpha value is -2.90. The number of hydrogen-bond donors (Lipinski definition) is 1. The first-order valence-electron chi connectivity index (χ1n) is 10.7. The Morgan fingerprint density at radius 1 is 1.21 bits per heavy atom. The number of sulfonamides is 1. The average molecular weight is 475 g/mol. The van der Waals surface area contributed by atoms with Gasteiger partial charge in [0.15, 0.2) is 0 Å². The Morgan fingerprint density at radius 2 is 1.88 bits per heavy atom. The fourth-order valence-electron chi connectivity index (χ4n) is 4.37. The van der Waals surface area contributed by atoms with Crippen LogP contribution in [0.5, 0.6) is 0 Å². The smallest absolute Gasteiger partial charge is 0.321 e. The zero-order valence-electron chi connectivity index (χ0n) is 17.8. The summed E-state index contributed by atoms with van der Waals surface area (Å²) >= 11 is 0. The zero-order chi connectivity index (χ0) is 23.6. The molecule has 1 N–H and O–H groups in total. The van der Waals surface area contributed by atoms with Gasteiger partial charge in [-0.2, -0.15) is 23.2 Å². The maximum Gasteiger partial charge on any atom is 0.407 e. The highest BCUT2D eigenvalue weighted by atomic mass is 32.2. The molecule has 3 aromatic rings. The number of benzene rings is 1. The highest BCUT2D eigenvalue weighted by molar-refractivity contribution is 7.89. The minimum absolute atomic E-state index is 0.186. The van der Waals surface area contributed by atoms with Gasteiger partial charge < -0.3 is 4.57 Å².